The summed E-state index contributed by atoms with van der Waals surface area (Å²) in [5.41, 5.74) is 2.66. The Bertz CT molecular complexity index is 849. The molecule has 0 aliphatic carbocycles. The van der Waals surface area contributed by atoms with Crippen LogP contribution in [0.25, 0.3) is 11.2 Å². The number of anilines is 3. The van der Waals surface area contributed by atoms with Gasteiger partial charge in [-0.25, -0.2) is 4.98 Å². The molecule has 0 unspecified atom stereocenters. The Hall–Kier alpha value is -2.66. The summed E-state index contributed by atoms with van der Waals surface area (Å²) in [5, 5.41) is 15.0. The highest BCUT2D eigenvalue weighted by Gasteiger charge is 2.11. The van der Waals surface area contributed by atoms with E-state index in [1.165, 1.54) is 0 Å². The number of benzene rings is 1. The molecule has 0 fully saturated rings. The maximum atomic E-state index is 8.89. The molecule has 3 aromatic rings. The van der Waals surface area contributed by atoms with E-state index in [-0.39, 0.29) is 0 Å². The number of H-pyrrole nitrogens is 1. The monoisotopic (exact) mass is 343 g/mol. The minimum Gasteiger partial charge on any atom is -0.357 e. The number of aromatic nitrogens is 4. The van der Waals surface area contributed by atoms with Crippen LogP contribution in [0.5, 0.6) is 0 Å². The second kappa shape index (κ2) is 5.38. The van der Waals surface area contributed by atoms with Gasteiger partial charge in [0.1, 0.15) is 5.52 Å². The summed E-state index contributed by atoms with van der Waals surface area (Å²) in [6.45, 7) is 0. The SMILES string of the molecule is CNc1nc(Nc2ccc(C#N)cc2Br)c2[nH]cnc2n1. The number of rotatable bonds is 3. The molecule has 1 aromatic carbocycles. The van der Waals surface area contributed by atoms with Crippen LogP contribution in [0, 0.1) is 11.3 Å². The van der Waals surface area contributed by atoms with Gasteiger partial charge < -0.3 is 15.6 Å². The molecule has 0 radical (unpaired) electrons. The summed E-state index contributed by atoms with van der Waals surface area (Å²) >= 11 is 3.44. The smallest absolute Gasteiger partial charge is 0.226 e. The van der Waals surface area contributed by atoms with Gasteiger partial charge in [-0.2, -0.15) is 15.2 Å². The van der Waals surface area contributed by atoms with Crippen molar-refractivity contribution in [3.05, 3.63) is 34.6 Å². The highest BCUT2D eigenvalue weighted by Crippen LogP contribution is 2.28. The van der Waals surface area contributed by atoms with E-state index in [2.05, 4.69) is 52.6 Å². The molecule has 3 N–H and O–H groups in total. The van der Waals surface area contributed by atoms with Gasteiger partial charge in [-0.3, -0.25) is 0 Å². The fourth-order valence-electron chi connectivity index (χ4n) is 1.85. The molecule has 3 rings (SSSR count). The summed E-state index contributed by atoms with van der Waals surface area (Å²) < 4.78 is 0.777. The topological polar surface area (TPSA) is 102 Å². The quantitative estimate of drug-likeness (QED) is 0.675. The molecule has 0 bridgehead atoms. The van der Waals surface area contributed by atoms with Gasteiger partial charge in [0.2, 0.25) is 5.95 Å². The van der Waals surface area contributed by atoms with E-state index >= 15 is 0 Å². The minimum atomic E-state index is 0.474. The predicted molar refractivity (Wildman–Crippen MR) is 83.4 cm³/mol. The molecule has 7 nitrogen and oxygen atoms in total. The van der Waals surface area contributed by atoms with Gasteiger partial charge in [0.25, 0.3) is 0 Å². The summed E-state index contributed by atoms with van der Waals surface area (Å²) in [6, 6.07) is 7.38. The van der Waals surface area contributed by atoms with E-state index in [1.54, 1.807) is 25.5 Å². The van der Waals surface area contributed by atoms with E-state index in [0.717, 1.165) is 10.2 Å². The molecular formula is C13H10BrN7. The van der Waals surface area contributed by atoms with Crippen LogP contribution in [-0.2, 0) is 0 Å². The average molecular weight is 344 g/mol. The van der Waals surface area contributed by atoms with Crippen LogP contribution in [-0.4, -0.2) is 27.0 Å². The number of hydrogen-bond acceptors (Lipinski definition) is 6. The molecular weight excluding hydrogens is 334 g/mol. The van der Waals surface area contributed by atoms with Gasteiger partial charge in [0, 0.05) is 11.5 Å². The number of halogens is 1. The Labute approximate surface area is 128 Å². The minimum absolute atomic E-state index is 0.474. The van der Waals surface area contributed by atoms with Crippen LogP contribution in [0.2, 0.25) is 0 Å². The summed E-state index contributed by atoms with van der Waals surface area (Å²) in [7, 11) is 1.75. The van der Waals surface area contributed by atoms with E-state index in [0.29, 0.717) is 28.5 Å². The van der Waals surface area contributed by atoms with Crippen molar-refractivity contribution >= 4 is 44.5 Å². The van der Waals surface area contributed by atoms with Crippen LogP contribution in [0.15, 0.2) is 29.0 Å². The normalized spacial score (nSPS) is 10.3. The molecule has 0 saturated carbocycles. The zero-order valence-electron chi connectivity index (χ0n) is 11.0. The maximum absolute atomic E-state index is 8.89. The third kappa shape index (κ3) is 2.51. The Kier molecular flexibility index (Phi) is 3.41. The van der Waals surface area contributed by atoms with Gasteiger partial charge in [-0.05, 0) is 34.1 Å². The van der Waals surface area contributed by atoms with Crippen molar-refractivity contribution < 1.29 is 0 Å². The number of aromatic amines is 1. The third-order valence-electron chi connectivity index (χ3n) is 2.86. The van der Waals surface area contributed by atoms with Crippen molar-refractivity contribution in [3.8, 4) is 6.07 Å². The largest absolute Gasteiger partial charge is 0.357 e. The second-order valence-corrected chi connectivity index (χ2v) is 5.03. The summed E-state index contributed by atoms with van der Waals surface area (Å²) in [6.07, 6.45) is 1.57. The van der Waals surface area contributed by atoms with Crippen LogP contribution >= 0.6 is 15.9 Å². The highest BCUT2D eigenvalue weighted by molar-refractivity contribution is 9.10. The first-order valence-electron chi connectivity index (χ1n) is 6.07. The lowest BCUT2D eigenvalue weighted by Crippen LogP contribution is -2.02. The van der Waals surface area contributed by atoms with Gasteiger partial charge in [0.05, 0.1) is 23.6 Å². The van der Waals surface area contributed by atoms with Crippen molar-refractivity contribution in [1.82, 2.24) is 19.9 Å². The van der Waals surface area contributed by atoms with Crippen molar-refractivity contribution in [2.45, 2.75) is 0 Å². The maximum Gasteiger partial charge on any atom is 0.226 e. The molecule has 21 heavy (non-hydrogen) atoms. The van der Waals surface area contributed by atoms with Crippen LogP contribution in [0.1, 0.15) is 5.56 Å². The van der Waals surface area contributed by atoms with Crippen LogP contribution in [0.4, 0.5) is 17.5 Å². The zero-order valence-corrected chi connectivity index (χ0v) is 12.6. The van der Waals surface area contributed by atoms with Gasteiger partial charge >= 0.3 is 0 Å². The molecule has 0 aliphatic heterocycles. The molecule has 0 spiro atoms. The first-order valence-corrected chi connectivity index (χ1v) is 6.86. The number of fused-ring (bicyclic) bond motifs is 1. The lowest BCUT2D eigenvalue weighted by Gasteiger charge is -2.10. The molecule has 0 saturated heterocycles. The van der Waals surface area contributed by atoms with E-state index in [9.17, 15) is 0 Å². The Balaban J connectivity index is 2.05. The van der Waals surface area contributed by atoms with Gasteiger partial charge in [-0.15, -0.1) is 0 Å². The number of hydrogen-bond donors (Lipinski definition) is 3. The second-order valence-electron chi connectivity index (χ2n) is 4.18. The fourth-order valence-corrected chi connectivity index (χ4v) is 2.33. The Morgan fingerprint density at radius 3 is 2.90 bits per heavy atom. The average Bonchev–Trinajstić information content (AvgIpc) is 2.97. The molecule has 2 heterocycles. The van der Waals surface area contributed by atoms with Gasteiger partial charge in [0.15, 0.2) is 11.5 Å². The highest BCUT2D eigenvalue weighted by atomic mass is 79.9. The number of imidazole rings is 1. The van der Waals surface area contributed by atoms with Gasteiger partial charge in [-0.1, -0.05) is 0 Å². The van der Waals surface area contributed by atoms with E-state index in [4.69, 9.17) is 5.26 Å². The van der Waals surface area contributed by atoms with Crippen LogP contribution < -0.4 is 10.6 Å². The number of nitrogens with one attached hydrogen (secondary N) is 3. The standard InChI is InChI=1S/C13H10BrN7/c1-16-13-20-11-10(17-6-18-11)12(21-13)19-9-3-2-7(5-15)4-8(9)14/h2-4,6H,1H3,(H3,16,17,18,19,20,21). The molecule has 104 valence electrons. The number of nitrogens with zero attached hydrogens (tertiary/aromatic N) is 4. The van der Waals surface area contributed by atoms with Crippen molar-refractivity contribution in [1.29, 1.82) is 5.26 Å². The van der Waals surface area contributed by atoms with Crippen molar-refractivity contribution in [2.24, 2.45) is 0 Å². The molecule has 0 aliphatic rings. The first kappa shape index (κ1) is 13.3. The molecule has 0 atom stereocenters. The predicted octanol–water partition coefficient (Wildman–Crippen LogP) is 2.77. The number of nitriles is 1. The Morgan fingerprint density at radius 1 is 1.33 bits per heavy atom. The van der Waals surface area contributed by atoms with E-state index < -0.39 is 0 Å². The van der Waals surface area contributed by atoms with E-state index in [1.807, 2.05) is 6.07 Å². The lowest BCUT2D eigenvalue weighted by molar-refractivity contribution is 1.18. The molecule has 2 aromatic heterocycles. The molecule has 0 amide bonds. The third-order valence-corrected chi connectivity index (χ3v) is 3.52. The fraction of sp³-hybridized carbons (Fsp3) is 0.0769. The Morgan fingerprint density at radius 2 is 2.19 bits per heavy atom. The lowest BCUT2D eigenvalue weighted by atomic mass is 10.2. The molecule has 8 heteroatoms. The van der Waals surface area contributed by atoms with Crippen LogP contribution in [0.3, 0.4) is 0 Å². The van der Waals surface area contributed by atoms with Crippen molar-refractivity contribution in [2.75, 3.05) is 17.7 Å². The zero-order chi connectivity index (χ0) is 14.8. The van der Waals surface area contributed by atoms with Crippen molar-refractivity contribution in [3.63, 3.8) is 0 Å². The summed E-state index contributed by atoms with van der Waals surface area (Å²) in [5.74, 6) is 1.08. The summed E-state index contributed by atoms with van der Waals surface area (Å²) in [4.78, 5) is 15.8. The first-order chi connectivity index (χ1) is 10.2.